The largest absolute Gasteiger partial charge is 0.417 e. The number of fused-ring (bicyclic) bond motifs is 5. The van der Waals surface area contributed by atoms with Crippen molar-refractivity contribution in [3.8, 4) is 6.07 Å². The first-order chi connectivity index (χ1) is 12.1. The second kappa shape index (κ2) is 5.36. The Hall–Kier alpha value is -1.79. The van der Waals surface area contributed by atoms with Crippen molar-refractivity contribution < 1.29 is 26.7 Å². The van der Waals surface area contributed by atoms with Crippen molar-refractivity contribution in [3.05, 3.63) is 29.3 Å². The van der Waals surface area contributed by atoms with E-state index in [1.807, 2.05) is 6.92 Å². The van der Waals surface area contributed by atoms with Crippen LogP contribution in [0.5, 0.6) is 0 Å². The van der Waals surface area contributed by atoms with E-state index in [2.05, 4.69) is 0 Å². The van der Waals surface area contributed by atoms with Gasteiger partial charge in [-0.25, -0.2) is 8.42 Å². The third-order valence-electron chi connectivity index (χ3n) is 6.34. The summed E-state index contributed by atoms with van der Waals surface area (Å²) in [5.74, 6) is -0.507. The first-order valence-electron chi connectivity index (χ1n) is 8.38. The highest BCUT2D eigenvalue weighted by Gasteiger charge is 2.65. The van der Waals surface area contributed by atoms with E-state index in [4.69, 9.17) is 5.26 Å². The maximum Gasteiger partial charge on any atom is 0.417 e. The summed E-state index contributed by atoms with van der Waals surface area (Å²) < 4.78 is 66.7. The summed E-state index contributed by atoms with van der Waals surface area (Å²) in [7, 11) is -3.86. The van der Waals surface area contributed by atoms with Gasteiger partial charge in [-0.05, 0) is 42.4 Å². The molecule has 4 rings (SSSR count). The quantitative estimate of drug-likeness (QED) is 0.803. The minimum Gasteiger partial charge on any atom is -0.393 e. The lowest BCUT2D eigenvalue weighted by atomic mass is 9.79. The minimum atomic E-state index is -4.75. The second-order valence-corrected chi connectivity index (χ2v) is 9.47. The molecule has 26 heavy (non-hydrogen) atoms. The molecule has 3 aliphatic rings. The molecule has 3 fully saturated rings. The maximum atomic E-state index is 13.2. The molecule has 0 amide bonds. The Kier molecular flexibility index (Phi) is 3.63. The zero-order chi connectivity index (χ0) is 19.0. The average Bonchev–Trinajstić information content (AvgIpc) is 3.17. The maximum absolute atomic E-state index is 13.2. The van der Waals surface area contributed by atoms with Crippen molar-refractivity contribution in [1.29, 1.82) is 5.26 Å². The van der Waals surface area contributed by atoms with Gasteiger partial charge in [-0.1, -0.05) is 6.92 Å². The fourth-order valence-electron chi connectivity index (χ4n) is 5.16. The summed E-state index contributed by atoms with van der Waals surface area (Å²) in [4.78, 5) is 0. The van der Waals surface area contributed by atoms with Crippen LogP contribution in [0.1, 0.15) is 24.5 Å². The molecular weight excluding hydrogens is 369 g/mol. The zero-order valence-corrected chi connectivity index (χ0v) is 14.6. The lowest BCUT2D eigenvalue weighted by molar-refractivity contribution is -0.137. The summed E-state index contributed by atoms with van der Waals surface area (Å²) in [6.45, 7) is 2.01. The topological polar surface area (TPSA) is 81.4 Å². The van der Waals surface area contributed by atoms with Crippen LogP contribution >= 0.6 is 0 Å². The highest BCUT2D eigenvalue weighted by Crippen LogP contribution is 2.58. The lowest BCUT2D eigenvalue weighted by Gasteiger charge is -2.31. The fraction of sp³-hybridized carbons (Fsp3) is 0.588. The normalized spacial score (nSPS) is 37.6. The summed E-state index contributed by atoms with van der Waals surface area (Å²) in [5, 5.41) is 18.4. The highest BCUT2D eigenvalue weighted by atomic mass is 32.2. The zero-order valence-electron chi connectivity index (χ0n) is 13.8. The Labute approximate surface area is 149 Å². The average molecular weight is 386 g/mol. The number of nitrogens with zero attached hydrogens (tertiary/aromatic N) is 2. The smallest absolute Gasteiger partial charge is 0.393 e. The molecular formula is C17H17F3N2O3S. The third-order valence-corrected chi connectivity index (χ3v) is 8.70. The Morgan fingerprint density at radius 1 is 1.27 bits per heavy atom. The SMILES string of the molecule is C[C@H]1[C@H](O)[C@@H]2C[C@H]1[C@@H]1CN(c3ccc(C#N)c(C(F)(F)F)c3)S(=O)(=O)[C@H]21. The number of aliphatic hydroxyl groups excluding tert-OH is 1. The van der Waals surface area contributed by atoms with Gasteiger partial charge in [0.1, 0.15) is 0 Å². The van der Waals surface area contributed by atoms with Crippen LogP contribution in [0.2, 0.25) is 0 Å². The number of alkyl halides is 3. The number of aliphatic hydroxyl groups is 1. The van der Waals surface area contributed by atoms with E-state index < -0.39 is 38.7 Å². The van der Waals surface area contributed by atoms with Crippen LogP contribution in [-0.4, -0.2) is 31.4 Å². The minimum absolute atomic E-state index is 0.0110. The number of anilines is 1. The van der Waals surface area contributed by atoms with E-state index in [-0.39, 0.29) is 35.9 Å². The molecule has 1 N–H and O–H groups in total. The van der Waals surface area contributed by atoms with Gasteiger partial charge in [0.05, 0.1) is 34.2 Å². The van der Waals surface area contributed by atoms with Gasteiger partial charge in [0.25, 0.3) is 0 Å². The van der Waals surface area contributed by atoms with Crippen molar-refractivity contribution in [3.63, 3.8) is 0 Å². The second-order valence-electron chi connectivity index (χ2n) is 7.46. The number of rotatable bonds is 1. The van der Waals surface area contributed by atoms with E-state index in [9.17, 15) is 26.7 Å². The number of halogens is 3. The van der Waals surface area contributed by atoms with Crippen molar-refractivity contribution in [1.82, 2.24) is 0 Å². The molecule has 2 saturated carbocycles. The van der Waals surface area contributed by atoms with Crippen molar-refractivity contribution >= 4 is 15.7 Å². The highest BCUT2D eigenvalue weighted by molar-refractivity contribution is 7.93. The molecule has 0 radical (unpaired) electrons. The lowest BCUT2D eigenvalue weighted by Crippen LogP contribution is -2.42. The molecule has 1 aromatic carbocycles. The summed E-state index contributed by atoms with van der Waals surface area (Å²) in [5.41, 5.74) is -1.75. The van der Waals surface area contributed by atoms with Gasteiger partial charge >= 0.3 is 6.18 Å². The Balaban J connectivity index is 1.76. The Morgan fingerprint density at radius 2 is 1.96 bits per heavy atom. The third kappa shape index (κ3) is 2.21. The summed E-state index contributed by atoms with van der Waals surface area (Å²) in [6, 6.07) is 4.48. The van der Waals surface area contributed by atoms with Crippen LogP contribution in [-0.2, 0) is 16.2 Å². The van der Waals surface area contributed by atoms with Crippen molar-refractivity contribution in [2.45, 2.75) is 30.9 Å². The predicted molar refractivity (Wildman–Crippen MR) is 86.5 cm³/mol. The standard InChI is InChI=1S/C17H17F3N2O3S/c1-8-11-5-12(15(8)23)16-13(11)7-22(26(16,24)25)10-3-2-9(6-21)14(4-10)17(18,19)20/h2-4,8,11-13,15-16,23H,5,7H2,1H3/t8-,11-,12+,13+,15+,16-/m1/s1. The number of sulfonamides is 1. The molecule has 9 heteroatoms. The Morgan fingerprint density at radius 3 is 2.58 bits per heavy atom. The number of hydrogen-bond donors (Lipinski definition) is 1. The van der Waals surface area contributed by atoms with E-state index in [1.165, 1.54) is 12.1 Å². The van der Waals surface area contributed by atoms with E-state index in [1.54, 1.807) is 0 Å². The molecule has 2 bridgehead atoms. The molecule has 6 atom stereocenters. The van der Waals surface area contributed by atoms with Crippen LogP contribution < -0.4 is 4.31 Å². The summed E-state index contributed by atoms with van der Waals surface area (Å²) >= 11 is 0. The number of hydrogen-bond acceptors (Lipinski definition) is 4. The van der Waals surface area contributed by atoms with Crippen LogP contribution in [0.15, 0.2) is 18.2 Å². The van der Waals surface area contributed by atoms with E-state index in [0.29, 0.717) is 6.42 Å². The van der Waals surface area contributed by atoms with Gasteiger partial charge in [-0.2, -0.15) is 18.4 Å². The molecule has 1 saturated heterocycles. The van der Waals surface area contributed by atoms with E-state index >= 15 is 0 Å². The van der Waals surface area contributed by atoms with Crippen molar-refractivity contribution in [2.24, 2.45) is 23.7 Å². The van der Waals surface area contributed by atoms with Gasteiger partial charge in [-0.15, -0.1) is 0 Å². The molecule has 0 aromatic heterocycles. The molecule has 2 aliphatic carbocycles. The van der Waals surface area contributed by atoms with Crippen LogP contribution in [0.4, 0.5) is 18.9 Å². The van der Waals surface area contributed by atoms with Crippen LogP contribution in [0.3, 0.4) is 0 Å². The fourth-order valence-corrected chi connectivity index (χ4v) is 7.69. The molecule has 0 unspecified atom stereocenters. The molecule has 0 spiro atoms. The molecule has 1 aromatic rings. The van der Waals surface area contributed by atoms with Crippen LogP contribution in [0, 0.1) is 35.0 Å². The number of nitriles is 1. The number of benzene rings is 1. The monoisotopic (exact) mass is 386 g/mol. The first-order valence-corrected chi connectivity index (χ1v) is 9.88. The van der Waals surface area contributed by atoms with E-state index in [0.717, 1.165) is 16.4 Å². The molecule has 1 heterocycles. The van der Waals surface area contributed by atoms with Gasteiger partial charge < -0.3 is 5.11 Å². The van der Waals surface area contributed by atoms with Gasteiger partial charge in [-0.3, -0.25) is 4.31 Å². The molecule has 140 valence electrons. The predicted octanol–water partition coefficient (Wildman–Crippen LogP) is 2.36. The summed E-state index contributed by atoms with van der Waals surface area (Å²) in [6.07, 6.45) is -4.79. The van der Waals surface area contributed by atoms with Crippen molar-refractivity contribution in [2.75, 3.05) is 10.8 Å². The van der Waals surface area contributed by atoms with Crippen LogP contribution in [0.25, 0.3) is 0 Å². The first kappa shape index (κ1) is 17.6. The molecule has 1 aliphatic heterocycles. The Bertz CT molecular complexity index is 909. The van der Waals surface area contributed by atoms with Gasteiger partial charge in [0.2, 0.25) is 10.0 Å². The van der Waals surface area contributed by atoms with Gasteiger partial charge in [0.15, 0.2) is 0 Å². The van der Waals surface area contributed by atoms with Gasteiger partial charge in [0, 0.05) is 12.5 Å². The molecule has 5 nitrogen and oxygen atoms in total.